The van der Waals surface area contributed by atoms with Crippen molar-refractivity contribution in [2.45, 2.75) is 5.92 Å². The number of benzene rings is 2. The zero-order valence-electron chi connectivity index (χ0n) is 19.1. The fourth-order valence-electron chi connectivity index (χ4n) is 4.33. The molecule has 2 aromatic rings. The number of carbonyl (C=O) groups excluding carboxylic acids is 1. The summed E-state index contributed by atoms with van der Waals surface area (Å²) >= 11 is 0. The van der Waals surface area contributed by atoms with E-state index in [1.165, 1.54) is 42.7 Å². The molecule has 1 aliphatic rings. The summed E-state index contributed by atoms with van der Waals surface area (Å²) in [5.74, 6) is 1.71. The molecule has 2 unspecified atom stereocenters. The van der Waals surface area contributed by atoms with Gasteiger partial charge in [-0.15, -0.1) is 0 Å². The molecule has 2 atom stereocenters. The molecule has 1 N–H and O–H groups in total. The number of hydrogen-bond acceptors (Lipinski definition) is 8. The number of aliphatic hydroxyl groups is 1. The molecule has 0 fully saturated rings. The van der Waals surface area contributed by atoms with Crippen molar-refractivity contribution in [3.63, 3.8) is 0 Å². The summed E-state index contributed by atoms with van der Waals surface area (Å²) in [6, 6.07) is 5.41. The zero-order chi connectivity index (χ0) is 23.4. The molecule has 0 aromatic heterocycles. The first-order valence-corrected chi connectivity index (χ1v) is 9.93. The van der Waals surface area contributed by atoms with E-state index in [1.54, 1.807) is 12.1 Å². The first-order valence-electron chi connectivity index (χ1n) is 9.93. The van der Waals surface area contributed by atoms with Gasteiger partial charge in [0, 0.05) is 17.4 Å². The van der Waals surface area contributed by atoms with Gasteiger partial charge in [0.15, 0.2) is 23.0 Å². The Labute approximate surface area is 187 Å². The third-order valence-corrected chi connectivity index (χ3v) is 5.74. The van der Waals surface area contributed by atoms with Gasteiger partial charge in [-0.05, 0) is 41.0 Å². The van der Waals surface area contributed by atoms with Crippen molar-refractivity contribution in [3.05, 3.63) is 40.5 Å². The average molecular weight is 444 g/mol. The van der Waals surface area contributed by atoms with Crippen LogP contribution in [0.15, 0.2) is 23.8 Å². The summed E-state index contributed by atoms with van der Waals surface area (Å²) in [5.41, 5.74) is 2.68. The van der Waals surface area contributed by atoms with Gasteiger partial charge in [-0.2, -0.15) is 0 Å². The van der Waals surface area contributed by atoms with Crippen molar-refractivity contribution in [2.24, 2.45) is 5.92 Å². The molecule has 172 valence electrons. The standard InChI is InChI=1S/C24H28O8/c1-27-17-9-14(10-18(28-2)22(17)30-4)20-16(12-26)15(11-25)7-13-8-19(29-3)23(31-5)24(32-6)21(13)20/h7-11,16,20,26H,12H2,1-6H3. The summed E-state index contributed by atoms with van der Waals surface area (Å²) in [4.78, 5) is 12.0. The maximum atomic E-state index is 12.0. The van der Waals surface area contributed by atoms with E-state index in [0.717, 1.165) is 23.0 Å². The molecule has 0 bridgehead atoms. The Morgan fingerprint density at radius 3 is 1.75 bits per heavy atom. The van der Waals surface area contributed by atoms with E-state index < -0.39 is 11.8 Å². The number of aldehydes is 1. The van der Waals surface area contributed by atoms with Gasteiger partial charge in [0.05, 0.1) is 49.3 Å². The van der Waals surface area contributed by atoms with Crippen LogP contribution in [-0.2, 0) is 4.79 Å². The van der Waals surface area contributed by atoms with Crippen LogP contribution in [0.1, 0.15) is 22.6 Å². The van der Waals surface area contributed by atoms with E-state index in [-0.39, 0.29) is 6.61 Å². The lowest BCUT2D eigenvalue weighted by atomic mass is 9.71. The summed E-state index contributed by atoms with van der Waals surface area (Å²) in [6.07, 6.45) is 2.50. The van der Waals surface area contributed by atoms with E-state index in [1.807, 2.05) is 12.1 Å². The van der Waals surface area contributed by atoms with Crippen molar-refractivity contribution in [2.75, 3.05) is 49.3 Å². The first-order chi connectivity index (χ1) is 15.5. The van der Waals surface area contributed by atoms with E-state index in [4.69, 9.17) is 28.4 Å². The molecule has 0 radical (unpaired) electrons. The number of methoxy groups -OCH3 is 6. The van der Waals surface area contributed by atoms with Crippen LogP contribution in [0, 0.1) is 5.92 Å². The van der Waals surface area contributed by atoms with Crippen LogP contribution >= 0.6 is 0 Å². The summed E-state index contributed by atoms with van der Waals surface area (Å²) in [6.45, 7) is -0.261. The highest BCUT2D eigenvalue weighted by molar-refractivity contribution is 5.87. The van der Waals surface area contributed by atoms with E-state index >= 15 is 0 Å². The molecular weight excluding hydrogens is 416 g/mol. The lowest BCUT2D eigenvalue weighted by molar-refractivity contribution is -0.105. The van der Waals surface area contributed by atoms with Gasteiger partial charge in [0.2, 0.25) is 11.5 Å². The van der Waals surface area contributed by atoms with Crippen LogP contribution in [0.3, 0.4) is 0 Å². The molecule has 0 amide bonds. The Morgan fingerprint density at radius 2 is 1.31 bits per heavy atom. The lowest BCUT2D eigenvalue weighted by Gasteiger charge is -2.34. The van der Waals surface area contributed by atoms with Gasteiger partial charge >= 0.3 is 0 Å². The van der Waals surface area contributed by atoms with Gasteiger partial charge in [0.1, 0.15) is 6.29 Å². The van der Waals surface area contributed by atoms with Crippen molar-refractivity contribution < 1.29 is 38.3 Å². The van der Waals surface area contributed by atoms with Crippen LogP contribution < -0.4 is 28.4 Å². The minimum Gasteiger partial charge on any atom is -0.493 e. The quantitative estimate of drug-likeness (QED) is 0.590. The Hall–Kier alpha value is -3.39. The fourth-order valence-corrected chi connectivity index (χ4v) is 4.33. The molecule has 3 rings (SSSR count). The van der Waals surface area contributed by atoms with Crippen molar-refractivity contribution >= 4 is 12.4 Å². The third-order valence-electron chi connectivity index (χ3n) is 5.74. The van der Waals surface area contributed by atoms with Gasteiger partial charge in [-0.25, -0.2) is 0 Å². The van der Waals surface area contributed by atoms with Gasteiger partial charge < -0.3 is 33.5 Å². The lowest BCUT2D eigenvalue weighted by Crippen LogP contribution is -2.26. The van der Waals surface area contributed by atoms with Crippen LogP contribution in [-0.4, -0.2) is 60.7 Å². The largest absolute Gasteiger partial charge is 0.493 e. The second kappa shape index (κ2) is 9.82. The fraction of sp³-hybridized carbons (Fsp3) is 0.375. The molecule has 0 saturated carbocycles. The maximum absolute atomic E-state index is 12.0. The highest BCUT2D eigenvalue weighted by atomic mass is 16.5. The summed E-state index contributed by atoms with van der Waals surface area (Å²) in [7, 11) is 9.19. The second-order valence-corrected chi connectivity index (χ2v) is 7.14. The van der Waals surface area contributed by atoms with Gasteiger partial charge in [-0.1, -0.05) is 0 Å². The maximum Gasteiger partial charge on any atom is 0.203 e. The van der Waals surface area contributed by atoms with Crippen LogP contribution in [0.5, 0.6) is 34.5 Å². The molecule has 0 heterocycles. The molecule has 0 spiro atoms. The number of carbonyl (C=O) groups is 1. The molecule has 2 aromatic carbocycles. The second-order valence-electron chi connectivity index (χ2n) is 7.14. The molecule has 1 aliphatic carbocycles. The van der Waals surface area contributed by atoms with E-state index in [2.05, 4.69) is 0 Å². The minimum absolute atomic E-state index is 0.261. The Balaban J connectivity index is 2.41. The Morgan fingerprint density at radius 1 is 0.781 bits per heavy atom. The summed E-state index contributed by atoms with van der Waals surface area (Å²) < 4.78 is 33.3. The average Bonchev–Trinajstić information content (AvgIpc) is 2.84. The van der Waals surface area contributed by atoms with Crippen LogP contribution in [0.2, 0.25) is 0 Å². The summed E-state index contributed by atoms with van der Waals surface area (Å²) in [5, 5.41) is 10.3. The molecule has 0 saturated heterocycles. The van der Waals surface area contributed by atoms with E-state index in [0.29, 0.717) is 40.1 Å². The molecular formula is C24H28O8. The molecule has 8 heteroatoms. The van der Waals surface area contributed by atoms with Crippen LogP contribution in [0.4, 0.5) is 0 Å². The first kappa shape index (κ1) is 23.3. The van der Waals surface area contributed by atoms with Gasteiger partial charge in [0.25, 0.3) is 0 Å². The monoisotopic (exact) mass is 444 g/mol. The minimum atomic E-state index is -0.533. The zero-order valence-corrected chi connectivity index (χ0v) is 19.1. The Kier molecular flexibility index (Phi) is 7.15. The third kappa shape index (κ3) is 3.71. The molecule has 8 nitrogen and oxygen atoms in total. The number of hydrogen-bond donors (Lipinski definition) is 1. The normalized spacial score (nSPS) is 17.0. The van der Waals surface area contributed by atoms with Crippen LogP contribution in [0.25, 0.3) is 6.08 Å². The molecule has 32 heavy (non-hydrogen) atoms. The molecule has 0 aliphatic heterocycles. The Bertz CT molecular complexity index is 1000. The van der Waals surface area contributed by atoms with Gasteiger partial charge in [-0.3, -0.25) is 4.79 Å². The highest BCUT2D eigenvalue weighted by Gasteiger charge is 2.38. The van der Waals surface area contributed by atoms with Crippen molar-refractivity contribution in [1.29, 1.82) is 0 Å². The number of ether oxygens (including phenoxy) is 6. The van der Waals surface area contributed by atoms with E-state index in [9.17, 15) is 9.90 Å². The predicted molar refractivity (Wildman–Crippen MR) is 119 cm³/mol. The number of rotatable bonds is 9. The predicted octanol–water partition coefficient (Wildman–Crippen LogP) is 3.07. The topological polar surface area (TPSA) is 92.7 Å². The number of aliphatic hydroxyl groups excluding tert-OH is 1. The smallest absolute Gasteiger partial charge is 0.203 e. The van der Waals surface area contributed by atoms with Crippen molar-refractivity contribution in [3.8, 4) is 34.5 Å². The van der Waals surface area contributed by atoms with Crippen molar-refractivity contribution in [1.82, 2.24) is 0 Å². The highest BCUT2D eigenvalue weighted by Crippen LogP contribution is 2.53. The SMILES string of the molecule is COc1cc(C2c3c(cc(OC)c(OC)c3OC)C=C(C=O)C2CO)cc(OC)c1OC. The number of fused-ring (bicyclic) bond motifs is 1.